The molecule has 22 heavy (non-hydrogen) atoms. The molecule has 2 N–H and O–H groups in total. The topological polar surface area (TPSA) is 93.0 Å². The largest absolute Gasteiger partial charge is 0.364 e. The van der Waals surface area contributed by atoms with Crippen LogP contribution in [0.5, 0.6) is 0 Å². The van der Waals surface area contributed by atoms with Crippen LogP contribution in [-0.2, 0) is 0 Å². The summed E-state index contributed by atoms with van der Waals surface area (Å²) < 4.78 is 0.871. The lowest BCUT2D eigenvalue weighted by Crippen LogP contribution is -2.09. The first-order valence-electron chi connectivity index (χ1n) is 6.87. The molecule has 1 aromatic carbocycles. The first-order valence-corrected chi connectivity index (χ1v) is 7.67. The Balaban J connectivity index is 2.30. The lowest BCUT2D eigenvalue weighted by molar-refractivity contribution is -0.383. The second kappa shape index (κ2) is 7.69. The average Bonchev–Trinajstić information content (AvgIpc) is 2.47. The van der Waals surface area contributed by atoms with Gasteiger partial charge in [-0.2, -0.15) is 0 Å². The molecule has 0 fully saturated rings. The van der Waals surface area contributed by atoms with Crippen LogP contribution in [0.15, 0.2) is 35.1 Å². The van der Waals surface area contributed by atoms with E-state index in [4.69, 9.17) is 0 Å². The molecule has 1 aromatic heterocycles. The third-order valence-electron chi connectivity index (χ3n) is 2.91. The Bertz CT molecular complexity index is 665. The fraction of sp³-hybridized carbons (Fsp3) is 0.286. The molecule has 0 bridgehead atoms. The third-order valence-corrected chi connectivity index (χ3v) is 3.41. The van der Waals surface area contributed by atoms with Gasteiger partial charge in [-0.3, -0.25) is 10.1 Å². The number of hydrogen-bond donors (Lipinski definition) is 2. The van der Waals surface area contributed by atoms with Crippen molar-refractivity contribution in [1.82, 2.24) is 9.97 Å². The van der Waals surface area contributed by atoms with Gasteiger partial charge in [-0.1, -0.05) is 35.3 Å². The Morgan fingerprint density at radius 1 is 1.32 bits per heavy atom. The van der Waals surface area contributed by atoms with Crippen molar-refractivity contribution in [3.05, 3.63) is 45.2 Å². The highest BCUT2D eigenvalue weighted by Crippen LogP contribution is 2.31. The van der Waals surface area contributed by atoms with Crippen molar-refractivity contribution in [3.63, 3.8) is 0 Å². The van der Waals surface area contributed by atoms with Gasteiger partial charge in [0.25, 0.3) is 0 Å². The van der Waals surface area contributed by atoms with Gasteiger partial charge in [0.2, 0.25) is 11.6 Å². The van der Waals surface area contributed by atoms with Crippen LogP contribution >= 0.6 is 15.9 Å². The van der Waals surface area contributed by atoms with E-state index in [0.717, 1.165) is 17.3 Å². The maximum Gasteiger partial charge on any atom is 0.353 e. The highest BCUT2D eigenvalue weighted by molar-refractivity contribution is 9.10. The zero-order valence-corrected chi connectivity index (χ0v) is 13.6. The molecule has 0 spiro atoms. The lowest BCUT2D eigenvalue weighted by Gasteiger charge is -2.10. The van der Waals surface area contributed by atoms with Crippen molar-refractivity contribution < 1.29 is 4.92 Å². The Morgan fingerprint density at radius 3 is 2.77 bits per heavy atom. The molecule has 0 atom stereocenters. The number of nitrogens with one attached hydrogen (secondary N) is 2. The van der Waals surface area contributed by atoms with Crippen LogP contribution < -0.4 is 10.6 Å². The lowest BCUT2D eigenvalue weighted by atomic mass is 10.3. The van der Waals surface area contributed by atoms with Crippen LogP contribution in [-0.4, -0.2) is 21.4 Å². The molecule has 116 valence electrons. The molecular weight excluding hydrogens is 350 g/mol. The number of rotatable bonds is 7. The van der Waals surface area contributed by atoms with E-state index >= 15 is 0 Å². The van der Waals surface area contributed by atoms with E-state index < -0.39 is 4.92 Å². The van der Waals surface area contributed by atoms with Gasteiger partial charge >= 0.3 is 5.69 Å². The van der Waals surface area contributed by atoms with Crippen LogP contribution in [0.2, 0.25) is 0 Å². The maximum atomic E-state index is 11.4. The van der Waals surface area contributed by atoms with Crippen LogP contribution in [0, 0.1) is 10.1 Å². The summed E-state index contributed by atoms with van der Waals surface area (Å²) in [5, 5.41) is 17.3. The molecule has 7 nitrogen and oxygen atoms in total. The Kier molecular flexibility index (Phi) is 5.65. The summed E-state index contributed by atoms with van der Waals surface area (Å²) in [6.07, 6.45) is 3.21. The fourth-order valence-corrected chi connectivity index (χ4v) is 2.26. The molecule has 0 radical (unpaired) electrons. The van der Waals surface area contributed by atoms with Gasteiger partial charge in [0.1, 0.15) is 6.33 Å². The number of anilines is 3. The van der Waals surface area contributed by atoms with E-state index in [1.165, 1.54) is 6.33 Å². The Labute approximate surface area is 136 Å². The third kappa shape index (κ3) is 4.14. The highest BCUT2D eigenvalue weighted by Gasteiger charge is 2.22. The second-order valence-electron chi connectivity index (χ2n) is 4.59. The molecule has 0 saturated heterocycles. The van der Waals surface area contributed by atoms with E-state index in [1.807, 2.05) is 18.2 Å². The number of hydrogen-bond acceptors (Lipinski definition) is 6. The van der Waals surface area contributed by atoms with E-state index in [1.54, 1.807) is 6.07 Å². The quantitative estimate of drug-likeness (QED) is 0.435. The first-order chi connectivity index (χ1) is 10.6. The van der Waals surface area contributed by atoms with Crippen molar-refractivity contribution in [2.75, 3.05) is 17.2 Å². The number of nitrogens with zero attached hydrogens (tertiary/aromatic N) is 3. The summed E-state index contributed by atoms with van der Waals surface area (Å²) in [5.74, 6) is 0.392. The van der Waals surface area contributed by atoms with Crippen molar-refractivity contribution in [1.29, 1.82) is 0 Å². The fourth-order valence-electron chi connectivity index (χ4n) is 1.86. The standard InChI is InChI=1S/C14H16BrN5O2/c1-2-3-7-16-13-12(20(21)22)14(18-9-17-13)19-11-6-4-5-10(15)8-11/h4-6,8-9H,2-3,7H2,1H3,(H2,16,17,18,19). The highest BCUT2D eigenvalue weighted by atomic mass is 79.9. The molecule has 0 aliphatic carbocycles. The van der Waals surface area contributed by atoms with Crippen LogP contribution in [0.3, 0.4) is 0 Å². The SMILES string of the molecule is CCCCNc1ncnc(Nc2cccc(Br)c2)c1[N+](=O)[O-]. The van der Waals surface area contributed by atoms with Gasteiger partial charge < -0.3 is 10.6 Å². The monoisotopic (exact) mass is 365 g/mol. The minimum Gasteiger partial charge on any atom is -0.364 e. The normalized spacial score (nSPS) is 10.3. The Morgan fingerprint density at radius 2 is 2.09 bits per heavy atom. The first kappa shape index (κ1) is 16.2. The van der Waals surface area contributed by atoms with Crippen molar-refractivity contribution in [3.8, 4) is 0 Å². The van der Waals surface area contributed by atoms with E-state index in [9.17, 15) is 10.1 Å². The average molecular weight is 366 g/mol. The maximum absolute atomic E-state index is 11.4. The summed E-state index contributed by atoms with van der Waals surface area (Å²) in [6, 6.07) is 7.33. The van der Waals surface area contributed by atoms with Crippen molar-refractivity contribution in [2.24, 2.45) is 0 Å². The number of halogens is 1. The molecule has 0 amide bonds. The molecule has 0 saturated carbocycles. The predicted octanol–water partition coefficient (Wildman–Crippen LogP) is 4.10. The van der Waals surface area contributed by atoms with Gasteiger partial charge in [0, 0.05) is 16.7 Å². The smallest absolute Gasteiger partial charge is 0.353 e. The number of aromatic nitrogens is 2. The van der Waals surface area contributed by atoms with E-state index in [0.29, 0.717) is 12.2 Å². The zero-order valence-electron chi connectivity index (χ0n) is 12.0. The van der Waals surface area contributed by atoms with Gasteiger partial charge in [-0.25, -0.2) is 9.97 Å². The zero-order chi connectivity index (χ0) is 15.9. The van der Waals surface area contributed by atoms with Gasteiger partial charge in [0.05, 0.1) is 4.92 Å². The summed E-state index contributed by atoms with van der Waals surface area (Å²) >= 11 is 3.36. The summed E-state index contributed by atoms with van der Waals surface area (Å²) in [7, 11) is 0. The summed E-state index contributed by atoms with van der Waals surface area (Å²) in [5.41, 5.74) is 0.550. The predicted molar refractivity (Wildman–Crippen MR) is 89.5 cm³/mol. The van der Waals surface area contributed by atoms with Crippen LogP contribution in [0.1, 0.15) is 19.8 Å². The molecule has 2 aromatic rings. The second-order valence-corrected chi connectivity index (χ2v) is 5.51. The summed E-state index contributed by atoms with van der Waals surface area (Å²) in [6.45, 7) is 2.68. The molecule has 2 rings (SSSR count). The van der Waals surface area contributed by atoms with Crippen molar-refractivity contribution >= 4 is 38.9 Å². The van der Waals surface area contributed by atoms with Crippen molar-refractivity contribution in [2.45, 2.75) is 19.8 Å². The number of nitro groups is 1. The number of unbranched alkanes of at least 4 members (excludes halogenated alkanes) is 1. The van der Waals surface area contributed by atoms with Crippen LogP contribution in [0.4, 0.5) is 23.0 Å². The molecule has 0 aliphatic heterocycles. The molecule has 1 heterocycles. The van der Waals surface area contributed by atoms with Crippen LogP contribution in [0.25, 0.3) is 0 Å². The summed E-state index contributed by atoms with van der Waals surface area (Å²) in [4.78, 5) is 18.9. The van der Waals surface area contributed by atoms with Gasteiger partial charge in [-0.15, -0.1) is 0 Å². The molecule has 8 heteroatoms. The van der Waals surface area contributed by atoms with Gasteiger partial charge in [-0.05, 0) is 24.6 Å². The Hall–Kier alpha value is -2.22. The minimum absolute atomic E-state index is 0.154. The molecule has 0 aliphatic rings. The molecular formula is C14H16BrN5O2. The number of benzene rings is 1. The van der Waals surface area contributed by atoms with E-state index in [2.05, 4.69) is 43.5 Å². The van der Waals surface area contributed by atoms with Gasteiger partial charge in [0.15, 0.2) is 0 Å². The molecule has 0 unspecified atom stereocenters. The van der Waals surface area contributed by atoms with E-state index in [-0.39, 0.29) is 17.3 Å². The minimum atomic E-state index is -0.478.